The van der Waals surface area contributed by atoms with Crippen LogP contribution in [-0.4, -0.2) is 6.79 Å². The van der Waals surface area contributed by atoms with Gasteiger partial charge in [0, 0.05) is 51.3 Å². The van der Waals surface area contributed by atoms with Crippen molar-refractivity contribution in [3.05, 3.63) is 23.3 Å². The molecule has 0 spiro atoms. The summed E-state index contributed by atoms with van der Waals surface area (Å²) in [6.45, 7) is 6.51. The summed E-state index contributed by atoms with van der Waals surface area (Å²) in [5.41, 5.74) is 1.73. The molecule has 1 aliphatic heterocycles. The van der Waals surface area contributed by atoms with Gasteiger partial charge in [-0.1, -0.05) is 17.8 Å². The highest BCUT2D eigenvalue weighted by molar-refractivity contribution is 14.1. The Hall–Kier alpha value is -1.33. The molecule has 1 heterocycles. The number of hydrogen-bond donors (Lipinski definition) is 0. The third-order valence-electron chi connectivity index (χ3n) is 2.27. The number of halogens is 1. The van der Waals surface area contributed by atoms with E-state index in [1.165, 1.54) is 0 Å². The topological polar surface area (TPSA) is 18.5 Å². The smallest absolute Gasteiger partial charge is 0.231 e. The van der Waals surface area contributed by atoms with E-state index >= 15 is 0 Å². The monoisotopic (exact) mass is 352 g/mol. The second kappa shape index (κ2) is 5.12. The van der Waals surface area contributed by atoms with Gasteiger partial charge in [-0.05, 0) is 24.7 Å². The highest BCUT2D eigenvalue weighted by Crippen LogP contribution is 2.34. The molecule has 0 amide bonds. The maximum atomic E-state index is 5.36. The highest BCUT2D eigenvalue weighted by atomic mass is 127. The third kappa shape index (κ3) is 3.11. The van der Waals surface area contributed by atoms with E-state index < -0.39 is 0 Å². The fraction of sp³-hybridized carbons (Fsp3) is 0.333. The minimum absolute atomic E-state index is 0.0363. The number of hydrogen-bond acceptors (Lipinski definition) is 2. The molecule has 0 aliphatic carbocycles. The first-order chi connectivity index (χ1) is 8.49. The Morgan fingerprint density at radius 1 is 1.06 bits per heavy atom. The fourth-order valence-corrected chi connectivity index (χ4v) is 1.75. The normalized spacial score (nSPS) is 12.2. The van der Waals surface area contributed by atoms with Crippen molar-refractivity contribution in [3.63, 3.8) is 0 Å². The Kier molecular flexibility index (Phi) is 3.73. The van der Waals surface area contributed by atoms with E-state index in [-0.39, 0.29) is 12.2 Å². The summed E-state index contributed by atoms with van der Waals surface area (Å²) in [5, 5.41) is 0. The second-order valence-corrected chi connectivity index (χ2v) is 5.51. The molecule has 0 fully saturated rings. The molecule has 0 saturated heterocycles. The minimum Gasteiger partial charge on any atom is -0.454 e. The first-order valence-electron chi connectivity index (χ1n) is 5.58. The quantitative estimate of drug-likeness (QED) is 0.525. The molecule has 3 heteroatoms. The van der Waals surface area contributed by atoms with E-state index in [4.69, 9.17) is 9.47 Å². The molecule has 0 N–H and O–H groups in total. The highest BCUT2D eigenvalue weighted by Gasteiger charge is 2.16. The van der Waals surface area contributed by atoms with Gasteiger partial charge in [0.25, 0.3) is 0 Å². The van der Waals surface area contributed by atoms with E-state index in [1.54, 1.807) is 0 Å². The molecular formula is C15H13IO2. The van der Waals surface area contributed by atoms with Gasteiger partial charge in [0.2, 0.25) is 6.79 Å². The van der Waals surface area contributed by atoms with Crippen molar-refractivity contribution >= 4 is 22.6 Å². The van der Waals surface area contributed by atoms with Crippen LogP contribution in [0.3, 0.4) is 0 Å². The van der Waals surface area contributed by atoms with E-state index in [9.17, 15) is 0 Å². The summed E-state index contributed by atoms with van der Waals surface area (Å²) >= 11 is 2.02. The van der Waals surface area contributed by atoms with E-state index in [0.29, 0.717) is 0 Å². The summed E-state index contributed by atoms with van der Waals surface area (Å²) in [7, 11) is 0. The van der Waals surface area contributed by atoms with Crippen LogP contribution in [0.15, 0.2) is 12.1 Å². The molecule has 1 aromatic rings. The molecule has 0 radical (unpaired) electrons. The van der Waals surface area contributed by atoms with Crippen LogP contribution in [0.4, 0.5) is 0 Å². The Bertz CT molecular complexity index is 589. The molecule has 18 heavy (non-hydrogen) atoms. The van der Waals surface area contributed by atoms with Gasteiger partial charge < -0.3 is 9.47 Å². The van der Waals surface area contributed by atoms with Crippen molar-refractivity contribution in [2.75, 3.05) is 6.79 Å². The zero-order chi connectivity index (χ0) is 13.2. The van der Waals surface area contributed by atoms with Crippen LogP contribution in [0.25, 0.3) is 0 Å². The van der Waals surface area contributed by atoms with Gasteiger partial charge in [0.1, 0.15) is 0 Å². The van der Waals surface area contributed by atoms with Crippen LogP contribution in [0.5, 0.6) is 11.5 Å². The molecule has 0 saturated carbocycles. The summed E-state index contributed by atoms with van der Waals surface area (Å²) in [6, 6.07) is 3.79. The molecular weight excluding hydrogens is 339 g/mol. The van der Waals surface area contributed by atoms with E-state index in [2.05, 4.69) is 42.5 Å². The van der Waals surface area contributed by atoms with Crippen LogP contribution in [0.1, 0.15) is 31.9 Å². The van der Waals surface area contributed by atoms with Crippen LogP contribution >= 0.6 is 22.6 Å². The number of benzene rings is 1. The Labute approximate surface area is 121 Å². The lowest BCUT2D eigenvalue weighted by atomic mass is 9.96. The lowest BCUT2D eigenvalue weighted by molar-refractivity contribution is 0.174. The average Bonchev–Trinajstić information content (AvgIpc) is 2.72. The molecule has 0 bridgehead atoms. The van der Waals surface area contributed by atoms with Gasteiger partial charge in [0.05, 0.1) is 0 Å². The zero-order valence-electron chi connectivity index (χ0n) is 10.6. The maximum absolute atomic E-state index is 5.36. The van der Waals surface area contributed by atoms with Gasteiger partial charge in [-0.3, -0.25) is 0 Å². The largest absolute Gasteiger partial charge is 0.454 e. The lowest BCUT2D eigenvalue weighted by Gasteiger charge is -2.07. The predicted octanol–water partition coefficient (Wildman–Crippen LogP) is 3.56. The third-order valence-corrected chi connectivity index (χ3v) is 2.54. The van der Waals surface area contributed by atoms with Crippen LogP contribution in [0.2, 0.25) is 0 Å². The molecule has 2 nitrogen and oxygen atoms in total. The van der Waals surface area contributed by atoms with Gasteiger partial charge >= 0.3 is 0 Å². The fourth-order valence-electron chi connectivity index (χ4n) is 1.45. The summed E-state index contributed by atoms with van der Waals surface area (Å²) in [6.07, 6.45) is 0. The first-order valence-corrected chi connectivity index (χ1v) is 6.66. The van der Waals surface area contributed by atoms with Crippen molar-refractivity contribution in [2.24, 2.45) is 5.41 Å². The molecule has 2 rings (SSSR count). The number of rotatable bonds is 0. The lowest BCUT2D eigenvalue weighted by Crippen LogP contribution is -1.99. The molecule has 92 valence electrons. The second-order valence-electron chi connectivity index (χ2n) is 4.97. The van der Waals surface area contributed by atoms with Crippen molar-refractivity contribution in [2.45, 2.75) is 20.8 Å². The van der Waals surface area contributed by atoms with Crippen molar-refractivity contribution in [1.82, 2.24) is 0 Å². The van der Waals surface area contributed by atoms with Gasteiger partial charge in [-0.25, -0.2) is 0 Å². The average molecular weight is 352 g/mol. The minimum atomic E-state index is -0.0363. The zero-order valence-corrected chi connectivity index (χ0v) is 12.7. The Morgan fingerprint density at radius 3 is 2.11 bits per heavy atom. The molecule has 1 aromatic carbocycles. The standard InChI is InChI=1S/C15H13IO2/c1-15(2,3)6-4-11-8-13-14(18-10-17-13)9-12(11)5-7-16/h8-9H,10H2,1-3H3. The van der Waals surface area contributed by atoms with Gasteiger partial charge in [-0.15, -0.1) is 0 Å². The van der Waals surface area contributed by atoms with E-state index in [0.717, 1.165) is 22.6 Å². The van der Waals surface area contributed by atoms with E-state index in [1.807, 2.05) is 34.7 Å². The summed E-state index contributed by atoms with van der Waals surface area (Å²) < 4.78 is 13.6. The molecule has 0 atom stereocenters. The van der Waals surface area contributed by atoms with Crippen LogP contribution < -0.4 is 9.47 Å². The molecule has 1 aliphatic rings. The van der Waals surface area contributed by atoms with Crippen molar-refractivity contribution < 1.29 is 9.47 Å². The Morgan fingerprint density at radius 2 is 1.61 bits per heavy atom. The Balaban J connectivity index is 2.49. The van der Waals surface area contributed by atoms with Crippen LogP contribution in [0, 0.1) is 27.1 Å². The SMILES string of the molecule is CC(C)(C)C#Cc1cc2c(cc1C#CI)OCO2. The predicted molar refractivity (Wildman–Crippen MR) is 79.8 cm³/mol. The number of ether oxygens (including phenoxy) is 2. The van der Waals surface area contributed by atoms with Crippen LogP contribution in [-0.2, 0) is 0 Å². The van der Waals surface area contributed by atoms with Gasteiger partial charge in [-0.2, -0.15) is 0 Å². The molecule has 0 aromatic heterocycles. The maximum Gasteiger partial charge on any atom is 0.231 e. The van der Waals surface area contributed by atoms with Crippen molar-refractivity contribution in [1.29, 1.82) is 0 Å². The summed E-state index contributed by atoms with van der Waals surface area (Å²) in [5.74, 6) is 10.9. The summed E-state index contributed by atoms with van der Waals surface area (Å²) in [4.78, 5) is 0. The first kappa shape index (κ1) is 13.1. The molecule has 0 unspecified atom stereocenters. The number of fused-ring (bicyclic) bond motifs is 1. The van der Waals surface area contributed by atoms with Gasteiger partial charge in [0.15, 0.2) is 11.5 Å². The van der Waals surface area contributed by atoms with Crippen molar-refractivity contribution in [3.8, 4) is 33.2 Å².